The van der Waals surface area contributed by atoms with Gasteiger partial charge in [-0.05, 0) is 12.8 Å². The normalized spacial score (nSPS) is 16.9. The van der Waals surface area contributed by atoms with Crippen molar-refractivity contribution in [2.24, 2.45) is 5.92 Å². The minimum absolute atomic E-state index is 0.00319. The van der Waals surface area contributed by atoms with E-state index in [0.29, 0.717) is 5.88 Å². The van der Waals surface area contributed by atoms with Crippen LogP contribution in [0.25, 0.3) is 0 Å². The largest absolute Gasteiger partial charge is 0.392 e. The summed E-state index contributed by atoms with van der Waals surface area (Å²) in [6.07, 6.45) is -0.666. The molecule has 2 atom stereocenters. The average molecular weight is 230 g/mol. The van der Waals surface area contributed by atoms with E-state index in [1.807, 2.05) is 0 Å². The van der Waals surface area contributed by atoms with Crippen LogP contribution in [0.3, 0.4) is 0 Å². The fraction of sp³-hybridized carbons (Fsp3) is 1.00. The van der Waals surface area contributed by atoms with Crippen molar-refractivity contribution in [1.82, 2.24) is 4.72 Å². The average Bonchev–Trinajstić information content (AvgIpc) is 2.00. The van der Waals surface area contributed by atoms with E-state index in [4.69, 9.17) is 16.7 Å². The first-order chi connectivity index (χ1) is 5.87. The molecule has 0 saturated carbocycles. The van der Waals surface area contributed by atoms with Crippen molar-refractivity contribution in [3.63, 3.8) is 0 Å². The molecular weight excluding hydrogens is 214 g/mol. The third-order valence-corrected chi connectivity index (χ3v) is 3.51. The summed E-state index contributed by atoms with van der Waals surface area (Å²) in [5.41, 5.74) is 0. The molecular formula is C7H16ClNO3S. The zero-order valence-electron chi connectivity index (χ0n) is 7.83. The van der Waals surface area contributed by atoms with E-state index in [0.717, 1.165) is 0 Å². The lowest BCUT2D eigenvalue weighted by molar-refractivity contribution is 0.198. The number of sulfonamides is 1. The SMILES string of the molecule is CC(CCl)CS(=O)(=O)NC[C@@H](C)O. The van der Waals surface area contributed by atoms with Crippen molar-refractivity contribution < 1.29 is 13.5 Å². The van der Waals surface area contributed by atoms with Gasteiger partial charge in [0.25, 0.3) is 0 Å². The number of aliphatic hydroxyl groups excluding tert-OH is 1. The first-order valence-corrected chi connectivity index (χ1v) is 6.27. The second-order valence-corrected chi connectivity index (χ2v) is 5.40. The van der Waals surface area contributed by atoms with Gasteiger partial charge in [0, 0.05) is 12.4 Å². The number of rotatable bonds is 6. The van der Waals surface area contributed by atoms with E-state index in [2.05, 4.69) is 4.72 Å². The summed E-state index contributed by atoms with van der Waals surface area (Å²) in [5, 5.41) is 8.85. The van der Waals surface area contributed by atoms with Crippen LogP contribution in [-0.2, 0) is 10.0 Å². The quantitative estimate of drug-likeness (QED) is 0.638. The molecule has 0 heterocycles. The third-order valence-electron chi connectivity index (χ3n) is 1.37. The standard InChI is InChI=1S/C7H16ClNO3S/c1-6(3-8)5-13(11,12)9-4-7(2)10/h6-7,9-10H,3-5H2,1-2H3/t6?,7-/m1/s1. The van der Waals surface area contributed by atoms with Gasteiger partial charge in [-0.3, -0.25) is 0 Å². The Bertz CT molecular complexity index is 228. The maximum atomic E-state index is 11.2. The fourth-order valence-electron chi connectivity index (χ4n) is 0.726. The molecule has 0 radical (unpaired) electrons. The van der Waals surface area contributed by atoms with Crippen LogP contribution in [0, 0.1) is 5.92 Å². The van der Waals surface area contributed by atoms with Crippen LogP contribution in [-0.4, -0.2) is 37.8 Å². The molecule has 0 aromatic rings. The van der Waals surface area contributed by atoms with Gasteiger partial charge in [0.05, 0.1) is 11.9 Å². The van der Waals surface area contributed by atoms with Crippen LogP contribution in [0.2, 0.25) is 0 Å². The molecule has 0 aromatic heterocycles. The lowest BCUT2D eigenvalue weighted by atomic mass is 10.3. The van der Waals surface area contributed by atoms with Crippen molar-refractivity contribution in [2.45, 2.75) is 20.0 Å². The molecule has 0 bridgehead atoms. The number of hydrogen-bond acceptors (Lipinski definition) is 3. The highest BCUT2D eigenvalue weighted by Crippen LogP contribution is 2.01. The van der Waals surface area contributed by atoms with Gasteiger partial charge >= 0.3 is 0 Å². The third kappa shape index (κ3) is 7.25. The molecule has 0 aliphatic heterocycles. The molecule has 80 valence electrons. The predicted molar refractivity (Wildman–Crippen MR) is 53.4 cm³/mol. The first kappa shape index (κ1) is 13.2. The van der Waals surface area contributed by atoms with Crippen LogP contribution >= 0.6 is 11.6 Å². The Labute approximate surface area is 84.3 Å². The van der Waals surface area contributed by atoms with Gasteiger partial charge in [-0.25, -0.2) is 13.1 Å². The van der Waals surface area contributed by atoms with Crippen molar-refractivity contribution in [3.8, 4) is 0 Å². The van der Waals surface area contributed by atoms with Gasteiger partial charge in [0.2, 0.25) is 10.0 Å². The van der Waals surface area contributed by atoms with E-state index < -0.39 is 16.1 Å². The van der Waals surface area contributed by atoms with Crippen molar-refractivity contribution in [1.29, 1.82) is 0 Å². The Morgan fingerprint density at radius 1 is 1.46 bits per heavy atom. The van der Waals surface area contributed by atoms with Gasteiger partial charge in [-0.15, -0.1) is 11.6 Å². The van der Waals surface area contributed by atoms with E-state index in [1.165, 1.54) is 6.92 Å². The molecule has 0 aliphatic rings. The molecule has 0 fully saturated rings. The Balaban J connectivity index is 3.95. The van der Waals surface area contributed by atoms with Crippen molar-refractivity contribution in [3.05, 3.63) is 0 Å². The number of nitrogens with one attached hydrogen (secondary N) is 1. The molecule has 2 N–H and O–H groups in total. The predicted octanol–water partition coefficient (Wildman–Crippen LogP) is 0.161. The van der Waals surface area contributed by atoms with E-state index in [9.17, 15) is 8.42 Å². The van der Waals surface area contributed by atoms with E-state index >= 15 is 0 Å². The lowest BCUT2D eigenvalue weighted by Gasteiger charge is -2.10. The molecule has 6 heteroatoms. The zero-order chi connectivity index (χ0) is 10.5. The molecule has 13 heavy (non-hydrogen) atoms. The molecule has 0 rings (SSSR count). The van der Waals surface area contributed by atoms with Crippen molar-refractivity contribution >= 4 is 21.6 Å². The maximum absolute atomic E-state index is 11.2. The highest BCUT2D eigenvalue weighted by molar-refractivity contribution is 7.89. The molecule has 0 saturated heterocycles. The van der Waals surface area contributed by atoms with E-state index in [-0.39, 0.29) is 18.2 Å². The maximum Gasteiger partial charge on any atom is 0.211 e. The van der Waals surface area contributed by atoms with Crippen molar-refractivity contribution in [2.75, 3.05) is 18.2 Å². The summed E-state index contributed by atoms with van der Waals surface area (Å²) in [4.78, 5) is 0. The Kier molecular flexibility index (Phi) is 5.87. The summed E-state index contributed by atoms with van der Waals surface area (Å²) in [7, 11) is -3.28. The molecule has 4 nitrogen and oxygen atoms in total. The molecule has 1 unspecified atom stereocenters. The number of halogens is 1. The van der Waals surface area contributed by atoms with Crippen LogP contribution < -0.4 is 4.72 Å². The Hall–Kier alpha value is 0.160. The highest BCUT2D eigenvalue weighted by atomic mass is 35.5. The minimum Gasteiger partial charge on any atom is -0.392 e. The van der Waals surface area contributed by atoms with E-state index in [1.54, 1.807) is 6.92 Å². The Morgan fingerprint density at radius 2 is 2.00 bits per heavy atom. The zero-order valence-corrected chi connectivity index (χ0v) is 9.40. The van der Waals surface area contributed by atoms with Crippen LogP contribution in [0.4, 0.5) is 0 Å². The van der Waals surface area contributed by atoms with Crippen LogP contribution in [0.5, 0.6) is 0 Å². The van der Waals surface area contributed by atoms with Gasteiger partial charge in [-0.1, -0.05) is 6.92 Å². The van der Waals surface area contributed by atoms with Gasteiger partial charge < -0.3 is 5.11 Å². The second kappa shape index (κ2) is 5.80. The molecule has 0 aromatic carbocycles. The smallest absolute Gasteiger partial charge is 0.211 e. The summed E-state index contributed by atoms with van der Waals surface area (Å²) < 4.78 is 24.7. The highest BCUT2D eigenvalue weighted by Gasteiger charge is 2.14. The lowest BCUT2D eigenvalue weighted by Crippen LogP contribution is -2.34. The van der Waals surface area contributed by atoms with Gasteiger partial charge in [-0.2, -0.15) is 0 Å². The topological polar surface area (TPSA) is 66.4 Å². The van der Waals surface area contributed by atoms with Gasteiger partial charge in [0.1, 0.15) is 0 Å². The molecule has 0 aliphatic carbocycles. The fourth-order valence-corrected chi connectivity index (χ4v) is 2.44. The summed E-state index contributed by atoms with van der Waals surface area (Å²) in [6.45, 7) is 3.33. The summed E-state index contributed by atoms with van der Waals surface area (Å²) in [6, 6.07) is 0. The molecule has 0 spiro atoms. The first-order valence-electron chi connectivity index (χ1n) is 4.08. The monoisotopic (exact) mass is 229 g/mol. The number of aliphatic hydroxyl groups is 1. The van der Waals surface area contributed by atoms with Gasteiger partial charge in [0.15, 0.2) is 0 Å². The summed E-state index contributed by atoms with van der Waals surface area (Å²) in [5.74, 6) is 0.242. The van der Waals surface area contributed by atoms with Crippen LogP contribution in [0.1, 0.15) is 13.8 Å². The number of hydrogen-bond donors (Lipinski definition) is 2. The Morgan fingerprint density at radius 3 is 2.38 bits per heavy atom. The summed E-state index contributed by atoms with van der Waals surface area (Å²) >= 11 is 5.48. The molecule has 0 amide bonds. The van der Waals surface area contributed by atoms with Crippen LogP contribution in [0.15, 0.2) is 0 Å². The minimum atomic E-state index is -3.28. The second-order valence-electron chi connectivity index (χ2n) is 3.24. The number of alkyl halides is 1.